The molecule has 1 atom stereocenters. The molecule has 0 radical (unpaired) electrons. The number of hydrogen-bond acceptors (Lipinski definition) is 4. The number of thioether (sulfide) groups is 1. The molecule has 0 aliphatic rings. The van der Waals surface area contributed by atoms with Gasteiger partial charge in [-0.1, -0.05) is 107 Å². The molecule has 236 valence electrons. The summed E-state index contributed by atoms with van der Waals surface area (Å²) < 4.78 is 0. The van der Waals surface area contributed by atoms with Crippen molar-refractivity contribution < 1.29 is 14.4 Å². The number of anilines is 2. The maximum Gasteiger partial charge on any atom is 0.272 e. The van der Waals surface area contributed by atoms with Gasteiger partial charge in [0.25, 0.3) is 11.8 Å². The number of halogens is 4. The summed E-state index contributed by atoms with van der Waals surface area (Å²) in [6.45, 7) is 0. The molecular weight excluding hydrogens is 696 g/mol. The summed E-state index contributed by atoms with van der Waals surface area (Å²) in [6.07, 6.45) is 1.48. The first-order chi connectivity index (χ1) is 22.7. The van der Waals surface area contributed by atoms with Crippen LogP contribution in [0.3, 0.4) is 0 Å². The van der Waals surface area contributed by atoms with Crippen molar-refractivity contribution in [3.05, 3.63) is 164 Å². The van der Waals surface area contributed by atoms with Crippen LogP contribution >= 0.6 is 58.2 Å². The maximum absolute atomic E-state index is 13.6. The number of nitrogens with one attached hydrogen (secondary N) is 3. The second kappa shape index (κ2) is 16.0. The molecule has 0 aromatic heterocycles. The fourth-order valence-corrected chi connectivity index (χ4v) is 6.23. The minimum atomic E-state index is -0.649. The summed E-state index contributed by atoms with van der Waals surface area (Å²) in [4.78, 5) is 40.9. The summed E-state index contributed by atoms with van der Waals surface area (Å²) in [5, 5.41) is 9.26. The number of rotatable bonds is 10. The molecule has 3 N–H and O–H groups in total. The van der Waals surface area contributed by atoms with Gasteiger partial charge in [0, 0.05) is 31.9 Å². The fraction of sp³-hybridized carbons (Fsp3) is 0.0278. The van der Waals surface area contributed by atoms with Crippen molar-refractivity contribution in [1.29, 1.82) is 0 Å². The van der Waals surface area contributed by atoms with Crippen LogP contribution < -0.4 is 16.0 Å². The smallest absolute Gasteiger partial charge is 0.272 e. The molecule has 47 heavy (non-hydrogen) atoms. The highest BCUT2D eigenvalue weighted by molar-refractivity contribution is 8.00. The first-order valence-electron chi connectivity index (χ1n) is 14.1. The molecule has 0 saturated carbocycles. The highest BCUT2D eigenvalue weighted by Crippen LogP contribution is 2.38. The molecule has 0 bridgehead atoms. The third kappa shape index (κ3) is 9.41. The molecule has 6 nitrogen and oxygen atoms in total. The third-order valence-electron chi connectivity index (χ3n) is 6.66. The van der Waals surface area contributed by atoms with Crippen molar-refractivity contribution in [2.24, 2.45) is 0 Å². The summed E-state index contributed by atoms with van der Waals surface area (Å²) in [6, 6.07) is 34.6. The molecule has 0 heterocycles. The van der Waals surface area contributed by atoms with Crippen LogP contribution in [0.25, 0.3) is 6.08 Å². The number of amides is 3. The Morgan fingerprint density at radius 3 is 2.04 bits per heavy atom. The van der Waals surface area contributed by atoms with Gasteiger partial charge in [0.2, 0.25) is 5.91 Å². The van der Waals surface area contributed by atoms with Crippen molar-refractivity contribution in [3.63, 3.8) is 0 Å². The van der Waals surface area contributed by atoms with Gasteiger partial charge in [-0.25, -0.2) is 0 Å². The molecule has 5 aromatic carbocycles. The van der Waals surface area contributed by atoms with Crippen LogP contribution in [-0.4, -0.2) is 17.7 Å². The van der Waals surface area contributed by atoms with E-state index in [0.29, 0.717) is 47.5 Å². The average molecular weight is 721 g/mol. The highest BCUT2D eigenvalue weighted by Gasteiger charge is 2.23. The zero-order chi connectivity index (χ0) is 33.3. The molecule has 3 amide bonds. The van der Waals surface area contributed by atoms with E-state index in [1.54, 1.807) is 84.9 Å². The van der Waals surface area contributed by atoms with Crippen LogP contribution in [-0.2, 0) is 9.59 Å². The molecule has 1 unspecified atom stereocenters. The lowest BCUT2D eigenvalue weighted by Crippen LogP contribution is -2.30. The Morgan fingerprint density at radius 2 is 1.34 bits per heavy atom. The Hall–Kier alpha value is -4.24. The fourth-order valence-electron chi connectivity index (χ4n) is 4.38. The molecule has 0 aliphatic heterocycles. The van der Waals surface area contributed by atoms with Crippen molar-refractivity contribution >= 4 is 93.3 Å². The van der Waals surface area contributed by atoms with E-state index in [-0.39, 0.29) is 11.6 Å². The van der Waals surface area contributed by atoms with E-state index in [9.17, 15) is 14.4 Å². The van der Waals surface area contributed by atoms with Crippen molar-refractivity contribution in [2.75, 3.05) is 10.6 Å². The van der Waals surface area contributed by atoms with E-state index in [2.05, 4.69) is 16.0 Å². The van der Waals surface area contributed by atoms with E-state index in [0.717, 1.165) is 5.56 Å². The molecule has 0 aliphatic carbocycles. The Bertz CT molecular complexity index is 1960. The van der Waals surface area contributed by atoms with Crippen LogP contribution in [0.5, 0.6) is 0 Å². The lowest BCUT2D eigenvalue weighted by Gasteiger charge is -2.18. The standard InChI is InChI=1S/C36H25Cl4N3O3S/c37-25-15-14-24(30(39)19-25)18-32(43-34(44)23-10-5-2-6-11-23)35(45)41-26-12-7-13-28(20-26)47-33(22-8-3-1-4-9-22)36(46)42-27-16-17-29(38)31(40)21-27/h1-21,33H,(H,41,45)(H,42,46)(H,43,44)/b32-18+. The molecule has 5 aromatic rings. The summed E-state index contributed by atoms with van der Waals surface area (Å²) >= 11 is 25.9. The van der Waals surface area contributed by atoms with Gasteiger partial charge < -0.3 is 16.0 Å². The molecule has 0 fully saturated rings. The quantitative estimate of drug-likeness (QED) is 0.0990. The maximum atomic E-state index is 13.6. The minimum absolute atomic E-state index is 0.0377. The predicted molar refractivity (Wildman–Crippen MR) is 194 cm³/mol. The topological polar surface area (TPSA) is 87.3 Å². The lowest BCUT2D eigenvalue weighted by atomic mass is 10.1. The molecular formula is C36H25Cl4N3O3S. The van der Waals surface area contributed by atoms with E-state index in [1.165, 1.54) is 17.8 Å². The predicted octanol–water partition coefficient (Wildman–Crippen LogP) is 10.2. The van der Waals surface area contributed by atoms with Gasteiger partial charge in [0.1, 0.15) is 10.9 Å². The van der Waals surface area contributed by atoms with Gasteiger partial charge >= 0.3 is 0 Å². The average Bonchev–Trinajstić information content (AvgIpc) is 3.07. The van der Waals surface area contributed by atoms with Crippen LogP contribution in [0.2, 0.25) is 20.1 Å². The minimum Gasteiger partial charge on any atom is -0.325 e. The van der Waals surface area contributed by atoms with Crippen LogP contribution in [0.1, 0.15) is 26.7 Å². The van der Waals surface area contributed by atoms with Gasteiger partial charge in [-0.2, -0.15) is 0 Å². The SMILES string of the molecule is O=C(Nc1cccc(SC(C(=O)Nc2ccc(Cl)c(Cl)c2)c2ccccc2)c1)/C(=C\c1ccc(Cl)cc1Cl)NC(=O)c1ccccc1. The molecule has 11 heteroatoms. The van der Waals surface area contributed by atoms with E-state index >= 15 is 0 Å². The zero-order valence-electron chi connectivity index (χ0n) is 24.3. The van der Waals surface area contributed by atoms with Gasteiger partial charge in [-0.15, -0.1) is 11.8 Å². The van der Waals surface area contributed by atoms with Crippen molar-refractivity contribution in [2.45, 2.75) is 10.1 Å². The van der Waals surface area contributed by atoms with Gasteiger partial charge in [0.05, 0.1) is 10.0 Å². The summed E-state index contributed by atoms with van der Waals surface area (Å²) in [5.41, 5.74) is 2.54. The van der Waals surface area contributed by atoms with E-state index in [4.69, 9.17) is 46.4 Å². The van der Waals surface area contributed by atoms with Crippen LogP contribution in [0.15, 0.2) is 132 Å². The molecule has 5 rings (SSSR count). The number of carbonyl (C=O) groups is 3. The Labute approximate surface area is 296 Å². The van der Waals surface area contributed by atoms with Crippen LogP contribution in [0, 0.1) is 0 Å². The normalized spacial score (nSPS) is 11.8. The Morgan fingerprint density at radius 1 is 0.638 bits per heavy atom. The second-order valence-corrected chi connectivity index (χ2v) is 12.9. The zero-order valence-corrected chi connectivity index (χ0v) is 28.2. The Balaban J connectivity index is 1.39. The first-order valence-corrected chi connectivity index (χ1v) is 16.5. The molecule has 0 saturated heterocycles. The first kappa shape index (κ1) is 34.1. The van der Waals surface area contributed by atoms with Crippen molar-refractivity contribution in [3.8, 4) is 0 Å². The largest absolute Gasteiger partial charge is 0.325 e. The number of benzene rings is 5. The van der Waals surface area contributed by atoms with Gasteiger partial charge in [0.15, 0.2) is 0 Å². The Kier molecular flexibility index (Phi) is 11.6. The van der Waals surface area contributed by atoms with Crippen molar-refractivity contribution in [1.82, 2.24) is 5.32 Å². The van der Waals surface area contributed by atoms with E-state index < -0.39 is 17.1 Å². The lowest BCUT2D eigenvalue weighted by molar-refractivity contribution is -0.116. The van der Waals surface area contributed by atoms with Gasteiger partial charge in [-0.05, 0) is 77.9 Å². The number of carbonyl (C=O) groups excluding carboxylic acids is 3. The summed E-state index contributed by atoms with van der Waals surface area (Å²) in [5.74, 6) is -1.33. The molecule has 0 spiro atoms. The van der Waals surface area contributed by atoms with Crippen LogP contribution in [0.4, 0.5) is 11.4 Å². The van der Waals surface area contributed by atoms with Gasteiger partial charge in [-0.3, -0.25) is 14.4 Å². The number of hydrogen-bond donors (Lipinski definition) is 3. The van der Waals surface area contributed by atoms with E-state index in [1.807, 2.05) is 36.4 Å². The second-order valence-electron chi connectivity index (χ2n) is 10.1. The monoisotopic (exact) mass is 719 g/mol. The highest BCUT2D eigenvalue weighted by atomic mass is 35.5. The summed E-state index contributed by atoms with van der Waals surface area (Å²) in [7, 11) is 0. The third-order valence-corrected chi connectivity index (χ3v) is 9.21.